The van der Waals surface area contributed by atoms with E-state index in [4.69, 9.17) is 27.9 Å². The normalized spacial score (nSPS) is 11.6. The number of carbonyl (C=O) groups is 1. The zero-order chi connectivity index (χ0) is 23.5. The Morgan fingerprint density at radius 3 is 2.38 bits per heavy atom. The zero-order valence-corrected chi connectivity index (χ0v) is 20.5. The Labute approximate surface area is 198 Å². The van der Waals surface area contributed by atoms with E-state index < -0.39 is 0 Å². The van der Waals surface area contributed by atoms with Gasteiger partial charge in [-0.25, -0.2) is 4.68 Å². The summed E-state index contributed by atoms with van der Waals surface area (Å²) in [7, 11) is 0. The van der Waals surface area contributed by atoms with Gasteiger partial charge in [0, 0.05) is 17.7 Å². The second-order valence-electron chi connectivity index (χ2n) is 9.30. The largest absolute Gasteiger partial charge is 0.462 e. The molecule has 6 nitrogen and oxygen atoms in total. The van der Waals surface area contributed by atoms with Gasteiger partial charge in [0.2, 0.25) is 5.91 Å². The Hall–Kier alpha value is -2.57. The number of amides is 1. The van der Waals surface area contributed by atoms with Gasteiger partial charge in [-0.2, -0.15) is 4.98 Å². The molecule has 0 unspecified atom stereocenters. The van der Waals surface area contributed by atoms with Crippen LogP contribution in [-0.4, -0.2) is 27.3 Å². The fraction of sp³-hybridized carbons (Fsp3) is 0.375. The number of aromatic nitrogens is 3. The Morgan fingerprint density at radius 1 is 1.09 bits per heavy atom. The molecule has 32 heavy (non-hydrogen) atoms. The SMILES string of the molecule is CC(C)COc1nc(-c2ccc(Cl)c(Cl)c2)n(-c2ccc(NC(=O)CC(C)(C)C)cc2)n1. The maximum Gasteiger partial charge on any atom is 0.336 e. The molecule has 0 spiro atoms. The third kappa shape index (κ3) is 6.47. The number of ether oxygens (including phenoxy) is 1. The minimum Gasteiger partial charge on any atom is -0.462 e. The molecule has 0 aliphatic carbocycles. The van der Waals surface area contributed by atoms with Crippen LogP contribution in [-0.2, 0) is 4.79 Å². The highest BCUT2D eigenvalue weighted by Gasteiger charge is 2.18. The third-order valence-electron chi connectivity index (χ3n) is 4.40. The van der Waals surface area contributed by atoms with E-state index in [0.717, 1.165) is 16.9 Å². The summed E-state index contributed by atoms with van der Waals surface area (Å²) in [6, 6.07) is 13.0. The van der Waals surface area contributed by atoms with Crippen LogP contribution in [0.15, 0.2) is 42.5 Å². The van der Waals surface area contributed by atoms with Crippen molar-refractivity contribution in [3.05, 3.63) is 52.5 Å². The smallest absolute Gasteiger partial charge is 0.336 e. The number of hydrogen-bond acceptors (Lipinski definition) is 4. The predicted octanol–water partition coefficient (Wildman–Crippen LogP) is 6.65. The summed E-state index contributed by atoms with van der Waals surface area (Å²) in [6.07, 6.45) is 0.440. The van der Waals surface area contributed by atoms with Gasteiger partial charge in [-0.15, -0.1) is 5.10 Å². The van der Waals surface area contributed by atoms with Crippen LogP contribution in [0.25, 0.3) is 17.1 Å². The highest BCUT2D eigenvalue weighted by Crippen LogP contribution is 2.30. The lowest BCUT2D eigenvalue weighted by atomic mass is 9.92. The lowest BCUT2D eigenvalue weighted by Gasteiger charge is -2.17. The van der Waals surface area contributed by atoms with Crippen molar-refractivity contribution < 1.29 is 9.53 Å². The van der Waals surface area contributed by atoms with Crippen LogP contribution < -0.4 is 10.1 Å². The first kappa shape index (κ1) is 24.1. The van der Waals surface area contributed by atoms with Crippen molar-refractivity contribution in [1.82, 2.24) is 14.8 Å². The Morgan fingerprint density at radius 2 is 1.78 bits per heavy atom. The van der Waals surface area contributed by atoms with Crippen molar-refractivity contribution in [3.63, 3.8) is 0 Å². The topological polar surface area (TPSA) is 69.0 Å². The van der Waals surface area contributed by atoms with Gasteiger partial charge in [0.15, 0.2) is 5.82 Å². The van der Waals surface area contributed by atoms with Crippen LogP contribution >= 0.6 is 23.2 Å². The molecule has 8 heteroatoms. The highest BCUT2D eigenvalue weighted by molar-refractivity contribution is 6.42. The molecule has 3 rings (SSSR count). The molecule has 1 amide bonds. The zero-order valence-electron chi connectivity index (χ0n) is 18.9. The second kappa shape index (κ2) is 9.92. The average Bonchev–Trinajstić information content (AvgIpc) is 3.12. The molecular formula is C24H28Cl2N4O2. The van der Waals surface area contributed by atoms with Crippen molar-refractivity contribution in [2.75, 3.05) is 11.9 Å². The maximum atomic E-state index is 12.2. The molecule has 0 saturated carbocycles. The molecule has 2 aromatic carbocycles. The van der Waals surface area contributed by atoms with E-state index in [-0.39, 0.29) is 17.3 Å². The van der Waals surface area contributed by atoms with E-state index in [1.54, 1.807) is 16.8 Å². The molecule has 170 valence electrons. The molecule has 0 radical (unpaired) electrons. The number of carbonyl (C=O) groups excluding carboxylic acids is 1. The van der Waals surface area contributed by atoms with Gasteiger partial charge in [-0.05, 0) is 53.8 Å². The summed E-state index contributed by atoms with van der Waals surface area (Å²) in [5.41, 5.74) is 2.17. The van der Waals surface area contributed by atoms with Crippen LogP contribution in [0.2, 0.25) is 10.0 Å². The van der Waals surface area contributed by atoms with Gasteiger partial charge in [-0.3, -0.25) is 4.79 Å². The van der Waals surface area contributed by atoms with Gasteiger partial charge in [0.25, 0.3) is 0 Å². The highest BCUT2D eigenvalue weighted by atomic mass is 35.5. The van der Waals surface area contributed by atoms with Crippen LogP contribution in [0, 0.1) is 11.3 Å². The monoisotopic (exact) mass is 474 g/mol. The number of rotatable bonds is 7. The molecule has 0 aliphatic heterocycles. The molecular weight excluding hydrogens is 447 g/mol. The first-order valence-corrected chi connectivity index (χ1v) is 11.2. The van der Waals surface area contributed by atoms with E-state index in [0.29, 0.717) is 34.8 Å². The van der Waals surface area contributed by atoms with Crippen molar-refractivity contribution in [3.8, 4) is 23.1 Å². The first-order valence-electron chi connectivity index (χ1n) is 10.5. The maximum absolute atomic E-state index is 12.2. The molecule has 1 aromatic heterocycles. The molecule has 0 saturated heterocycles. The standard InChI is InChI=1S/C24H28Cl2N4O2/c1-15(2)14-32-23-28-22(16-6-11-19(25)20(26)12-16)30(29-23)18-9-7-17(8-10-18)27-21(31)13-24(3,4)5/h6-12,15H,13-14H2,1-5H3,(H,27,31). The molecule has 3 aromatic rings. The lowest BCUT2D eigenvalue weighted by molar-refractivity contribution is -0.117. The minimum atomic E-state index is -0.0775. The lowest BCUT2D eigenvalue weighted by Crippen LogP contribution is -2.19. The molecule has 0 atom stereocenters. The summed E-state index contributed by atoms with van der Waals surface area (Å²) >= 11 is 12.3. The molecule has 0 fully saturated rings. The number of hydrogen-bond donors (Lipinski definition) is 1. The van der Waals surface area contributed by atoms with E-state index in [9.17, 15) is 4.79 Å². The molecule has 0 bridgehead atoms. The quantitative estimate of drug-likeness (QED) is 0.415. The molecule has 0 aliphatic rings. The minimum absolute atomic E-state index is 0.0214. The van der Waals surface area contributed by atoms with E-state index in [2.05, 4.69) is 29.2 Å². The van der Waals surface area contributed by atoms with Crippen molar-refractivity contribution >= 4 is 34.8 Å². The fourth-order valence-corrected chi connectivity index (χ4v) is 3.27. The summed E-state index contributed by atoms with van der Waals surface area (Å²) in [5.74, 6) is 0.894. The van der Waals surface area contributed by atoms with Crippen molar-refractivity contribution in [2.24, 2.45) is 11.3 Å². The van der Waals surface area contributed by atoms with Crippen LogP contribution in [0.4, 0.5) is 5.69 Å². The van der Waals surface area contributed by atoms with Gasteiger partial charge < -0.3 is 10.1 Å². The molecule has 1 N–H and O–H groups in total. The first-order chi connectivity index (χ1) is 15.0. The van der Waals surface area contributed by atoms with Crippen molar-refractivity contribution in [1.29, 1.82) is 0 Å². The number of halogens is 2. The number of nitrogens with one attached hydrogen (secondary N) is 1. The Bertz CT molecular complexity index is 1090. The van der Waals surface area contributed by atoms with E-state index in [1.165, 1.54) is 0 Å². The Balaban J connectivity index is 1.91. The third-order valence-corrected chi connectivity index (χ3v) is 5.14. The number of benzene rings is 2. The predicted molar refractivity (Wildman–Crippen MR) is 130 cm³/mol. The van der Waals surface area contributed by atoms with Crippen LogP contribution in [0.3, 0.4) is 0 Å². The Kier molecular flexibility index (Phi) is 7.47. The van der Waals surface area contributed by atoms with Gasteiger partial charge >= 0.3 is 6.01 Å². The van der Waals surface area contributed by atoms with E-state index in [1.807, 2.05) is 51.1 Å². The summed E-state index contributed by atoms with van der Waals surface area (Å²) < 4.78 is 7.44. The van der Waals surface area contributed by atoms with Crippen LogP contribution in [0.5, 0.6) is 6.01 Å². The van der Waals surface area contributed by atoms with Gasteiger partial charge in [-0.1, -0.05) is 57.8 Å². The number of nitrogens with zero attached hydrogens (tertiary/aromatic N) is 3. The van der Waals surface area contributed by atoms with Crippen LogP contribution in [0.1, 0.15) is 41.0 Å². The number of anilines is 1. The second-order valence-corrected chi connectivity index (χ2v) is 10.1. The molecule has 1 heterocycles. The van der Waals surface area contributed by atoms with E-state index >= 15 is 0 Å². The van der Waals surface area contributed by atoms with Crippen molar-refractivity contribution in [2.45, 2.75) is 41.0 Å². The average molecular weight is 475 g/mol. The summed E-state index contributed by atoms with van der Waals surface area (Å²) in [4.78, 5) is 16.8. The summed E-state index contributed by atoms with van der Waals surface area (Å²) in [5, 5.41) is 8.37. The van der Waals surface area contributed by atoms with Gasteiger partial charge in [0.05, 0.1) is 22.3 Å². The fourth-order valence-electron chi connectivity index (χ4n) is 2.97. The van der Waals surface area contributed by atoms with Gasteiger partial charge in [0.1, 0.15) is 0 Å². The summed E-state index contributed by atoms with van der Waals surface area (Å²) in [6.45, 7) is 10.7.